The van der Waals surface area contributed by atoms with E-state index in [-0.39, 0.29) is 31.1 Å². The van der Waals surface area contributed by atoms with Crippen LogP contribution < -0.4 is 0 Å². The van der Waals surface area contributed by atoms with Gasteiger partial charge < -0.3 is 14.2 Å². The minimum absolute atomic E-state index is 0.0755. The van der Waals surface area contributed by atoms with Crippen molar-refractivity contribution in [3.05, 3.63) is 36.5 Å². The van der Waals surface area contributed by atoms with Gasteiger partial charge in [0, 0.05) is 19.3 Å². The molecule has 0 fully saturated rings. The van der Waals surface area contributed by atoms with Crippen LogP contribution in [-0.4, -0.2) is 37.2 Å². The standard InChI is InChI=1S/C54H98O6/c1-4-7-10-13-16-19-22-24-26-27-28-29-31-32-35-38-41-44-47-53(56)59-50-51(49-58-52(55)46-43-40-37-34-21-18-15-12-9-6-3)60-54(57)48-45-42-39-36-33-30-25-23-20-17-14-11-8-5-2/h19,22-23,25-27,51H,4-18,20-21,24,28-50H2,1-3H3/b22-19-,25-23-,27-26-. The molecule has 0 bridgehead atoms. The van der Waals surface area contributed by atoms with Crippen LogP contribution in [0, 0.1) is 0 Å². The van der Waals surface area contributed by atoms with Gasteiger partial charge >= 0.3 is 17.9 Å². The highest BCUT2D eigenvalue weighted by Crippen LogP contribution is 2.15. The summed E-state index contributed by atoms with van der Waals surface area (Å²) in [6.45, 7) is 6.60. The van der Waals surface area contributed by atoms with E-state index >= 15 is 0 Å². The molecular weight excluding hydrogens is 745 g/mol. The predicted octanol–water partition coefficient (Wildman–Crippen LogP) is 16.9. The Morgan fingerprint density at radius 2 is 0.600 bits per heavy atom. The highest BCUT2D eigenvalue weighted by molar-refractivity contribution is 5.71. The zero-order valence-corrected chi connectivity index (χ0v) is 40.0. The Morgan fingerprint density at radius 1 is 0.333 bits per heavy atom. The van der Waals surface area contributed by atoms with Gasteiger partial charge in [-0.05, 0) is 77.0 Å². The SMILES string of the molecule is CCCCCC/C=C\C/C=C\CCCCCCCCCC(=O)OCC(COC(=O)CCCCCCCCCCCC)OC(=O)CCCCCCC/C=C\CCCCCCC. The van der Waals surface area contributed by atoms with Gasteiger partial charge in [0.25, 0.3) is 0 Å². The fourth-order valence-electron chi connectivity index (χ4n) is 7.41. The molecule has 0 aliphatic rings. The second kappa shape index (κ2) is 49.3. The summed E-state index contributed by atoms with van der Waals surface area (Å²) < 4.78 is 16.8. The number of ether oxygens (including phenoxy) is 3. The Balaban J connectivity index is 4.33. The van der Waals surface area contributed by atoms with Gasteiger partial charge in [0.05, 0.1) is 0 Å². The monoisotopic (exact) mass is 843 g/mol. The Labute approximate surface area is 372 Å². The van der Waals surface area contributed by atoms with Crippen LogP contribution in [0.15, 0.2) is 36.5 Å². The third-order valence-electron chi connectivity index (χ3n) is 11.4. The number of hydrogen-bond acceptors (Lipinski definition) is 6. The third kappa shape index (κ3) is 46.7. The summed E-state index contributed by atoms with van der Waals surface area (Å²) in [5.41, 5.74) is 0. The van der Waals surface area contributed by atoms with Crippen molar-refractivity contribution < 1.29 is 28.6 Å². The molecule has 0 aliphatic heterocycles. The molecule has 60 heavy (non-hydrogen) atoms. The van der Waals surface area contributed by atoms with Crippen molar-refractivity contribution in [2.45, 2.75) is 277 Å². The van der Waals surface area contributed by atoms with E-state index in [1.807, 2.05) is 0 Å². The molecule has 350 valence electrons. The first-order valence-corrected chi connectivity index (χ1v) is 26.0. The zero-order valence-electron chi connectivity index (χ0n) is 40.0. The predicted molar refractivity (Wildman–Crippen MR) is 256 cm³/mol. The molecule has 1 atom stereocenters. The van der Waals surface area contributed by atoms with E-state index in [1.54, 1.807) is 0 Å². The first kappa shape index (κ1) is 57.6. The number of rotatable bonds is 47. The van der Waals surface area contributed by atoms with Crippen LogP contribution in [0.5, 0.6) is 0 Å². The van der Waals surface area contributed by atoms with Gasteiger partial charge in [0.1, 0.15) is 13.2 Å². The van der Waals surface area contributed by atoms with Crippen molar-refractivity contribution >= 4 is 17.9 Å². The van der Waals surface area contributed by atoms with Gasteiger partial charge in [0.15, 0.2) is 6.10 Å². The lowest BCUT2D eigenvalue weighted by atomic mass is 10.1. The Morgan fingerprint density at radius 3 is 0.950 bits per heavy atom. The molecule has 0 amide bonds. The quantitative estimate of drug-likeness (QED) is 0.0263. The number of unbranched alkanes of at least 4 members (excludes halogenated alkanes) is 30. The van der Waals surface area contributed by atoms with Crippen LogP contribution in [0.2, 0.25) is 0 Å². The van der Waals surface area contributed by atoms with Crippen LogP contribution in [0.4, 0.5) is 0 Å². The summed E-state index contributed by atoms with van der Waals surface area (Å²) in [7, 11) is 0. The topological polar surface area (TPSA) is 78.9 Å². The van der Waals surface area contributed by atoms with Gasteiger partial charge in [-0.2, -0.15) is 0 Å². The first-order chi connectivity index (χ1) is 29.5. The smallest absolute Gasteiger partial charge is 0.306 e. The number of esters is 3. The maximum atomic E-state index is 12.8. The molecule has 0 aromatic carbocycles. The van der Waals surface area contributed by atoms with Crippen LogP contribution in [-0.2, 0) is 28.6 Å². The average Bonchev–Trinajstić information content (AvgIpc) is 3.24. The minimum Gasteiger partial charge on any atom is -0.462 e. The molecule has 0 radical (unpaired) electrons. The van der Waals surface area contributed by atoms with Crippen molar-refractivity contribution in [3.8, 4) is 0 Å². The molecule has 6 heteroatoms. The Kier molecular flexibility index (Phi) is 47.3. The summed E-state index contributed by atoms with van der Waals surface area (Å²) >= 11 is 0. The molecule has 0 N–H and O–H groups in total. The number of carbonyl (C=O) groups excluding carboxylic acids is 3. The molecule has 6 nitrogen and oxygen atoms in total. The fraction of sp³-hybridized carbons (Fsp3) is 0.833. The highest BCUT2D eigenvalue weighted by atomic mass is 16.6. The summed E-state index contributed by atoms with van der Waals surface area (Å²) in [4.78, 5) is 37.9. The van der Waals surface area contributed by atoms with Gasteiger partial charge in [-0.3, -0.25) is 14.4 Å². The van der Waals surface area contributed by atoms with Crippen molar-refractivity contribution in [1.82, 2.24) is 0 Å². The molecular formula is C54H98O6. The normalized spacial score (nSPS) is 12.2. The largest absolute Gasteiger partial charge is 0.462 e. The van der Waals surface area contributed by atoms with E-state index in [2.05, 4.69) is 57.2 Å². The number of allylic oxidation sites excluding steroid dienone is 6. The summed E-state index contributed by atoms with van der Waals surface area (Å²) in [5.74, 6) is -0.885. The van der Waals surface area contributed by atoms with E-state index in [0.717, 1.165) is 77.0 Å². The molecule has 0 aliphatic carbocycles. The minimum atomic E-state index is -0.775. The molecule has 0 aromatic heterocycles. The van der Waals surface area contributed by atoms with Crippen molar-refractivity contribution in [1.29, 1.82) is 0 Å². The van der Waals surface area contributed by atoms with Gasteiger partial charge in [-0.1, -0.05) is 211 Å². The zero-order chi connectivity index (χ0) is 43.7. The lowest BCUT2D eigenvalue weighted by molar-refractivity contribution is -0.167. The molecule has 0 aromatic rings. The summed E-state index contributed by atoms with van der Waals surface area (Å²) in [5, 5.41) is 0. The van der Waals surface area contributed by atoms with Gasteiger partial charge in [0.2, 0.25) is 0 Å². The summed E-state index contributed by atoms with van der Waals surface area (Å²) in [6, 6.07) is 0. The average molecular weight is 843 g/mol. The van der Waals surface area contributed by atoms with E-state index < -0.39 is 6.10 Å². The molecule has 0 saturated carbocycles. The van der Waals surface area contributed by atoms with Gasteiger partial charge in [-0.25, -0.2) is 0 Å². The van der Waals surface area contributed by atoms with Gasteiger partial charge in [-0.15, -0.1) is 0 Å². The molecule has 0 heterocycles. The third-order valence-corrected chi connectivity index (χ3v) is 11.4. The highest BCUT2D eigenvalue weighted by Gasteiger charge is 2.19. The molecule has 0 rings (SSSR count). The molecule has 0 saturated heterocycles. The maximum Gasteiger partial charge on any atom is 0.306 e. The van der Waals surface area contributed by atoms with Crippen LogP contribution >= 0.6 is 0 Å². The van der Waals surface area contributed by atoms with E-state index in [4.69, 9.17) is 14.2 Å². The Bertz CT molecular complexity index is 1020. The van der Waals surface area contributed by atoms with E-state index in [9.17, 15) is 14.4 Å². The second-order valence-electron chi connectivity index (χ2n) is 17.4. The van der Waals surface area contributed by atoms with E-state index in [1.165, 1.54) is 154 Å². The van der Waals surface area contributed by atoms with E-state index in [0.29, 0.717) is 19.3 Å². The maximum absolute atomic E-state index is 12.8. The van der Waals surface area contributed by atoms with Crippen molar-refractivity contribution in [2.24, 2.45) is 0 Å². The number of hydrogen-bond donors (Lipinski definition) is 0. The molecule has 1 unspecified atom stereocenters. The van der Waals surface area contributed by atoms with Crippen LogP contribution in [0.25, 0.3) is 0 Å². The Hall–Kier alpha value is -2.37. The number of carbonyl (C=O) groups is 3. The summed E-state index contributed by atoms with van der Waals surface area (Å²) in [6.07, 6.45) is 56.9. The second-order valence-corrected chi connectivity index (χ2v) is 17.4. The first-order valence-electron chi connectivity index (χ1n) is 26.0. The molecule has 0 spiro atoms. The van der Waals surface area contributed by atoms with Crippen molar-refractivity contribution in [3.63, 3.8) is 0 Å². The lowest BCUT2D eigenvalue weighted by Gasteiger charge is -2.18. The lowest BCUT2D eigenvalue weighted by Crippen LogP contribution is -2.30. The van der Waals surface area contributed by atoms with Crippen LogP contribution in [0.3, 0.4) is 0 Å². The fourth-order valence-corrected chi connectivity index (χ4v) is 7.41. The van der Waals surface area contributed by atoms with Crippen LogP contribution in [0.1, 0.15) is 271 Å². The van der Waals surface area contributed by atoms with Crippen molar-refractivity contribution in [2.75, 3.05) is 13.2 Å².